The predicted octanol–water partition coefficient (Wildman–Crippen LogP) is 3.65. The van der Waals surface area contributed by atoms with E-state index >= 15 is 0 Å². The van der Waals surface area contributed by atoms with Crippen LogP contribution in [0.1, 0.15) is 17.5 Å². The van der Waals surface area contributed by atoms with E-state index < -0.39 is 0 Å². The van der Waals surface area contributed by atoms with Crippen LogP contribution in [0.2, 0.25) is 0 Å². The molecule has 21 heavy (non-hydrogen) atoms. The highest BCUT2D eigenvalue weighted by Crippen LogP contribution is 2.25. The summed E-state index contributed by atoms with van der Waals surface area (Å²) in [5.74, 6) is 0. The molecular weight excluding hydrogens is 280 g/mol. The second-order valence-electron chi connectivity index (χ2n) is 5.38. The van der Waals surface area contributed by atoms with Crippen LogP contribution in [0.15, 0.2) is 54.6 Å². The summed E-state index contributed by atoms with van der Waals surface area (Å²) in [6.45, 7) is 4.26. The zero-order valence-electron chi connectivity index (χ0n) is 12.3. The van der Waals surface area contributed by atoms with E-state index in [2.05, 4.69) is 64.8 Å². The Morgan fingerprint density at radius 1 is 0.952 bits per heavy atom. The van der Waals surface area contributed by atoms with Crippen molar-refractivity contribution >= 4 is 18.1 Å². The smallest absolute Gasteiger partial charge is 0.0399 e. The van der Waals surface area contributed by atoms with Gasteiger partial charge < -0.3 is 10.2 Å². The van der Waals surface area contributed by atoms with Crippen LogP contribution < -0.4 is 10.2 Å². The number of para-hydroxylation sites is 1. The first-order valence-corrected chi connectivity index (χ1v) is 7.51. The maximum Gasteiger partial charge on any atom is 0.0399 e. The SMILES string of the molecule is Cl.c1ccc(CNCCN2CCCc3ccccc32)cc1. The highest BCUT2D eigenvalue weighted by atomic mass is 35.5. The zero-order valence-corrected chi connectivity index (χ0v) is 13.1. The predicted molar refractivity (Wildman–Crippen MR) is 92.4 cm³/mol. The Bertz CT molecular complexity index is 542. The molecule has 2 nitrogen and oxygen atoms in total. The average molecular weight is 303 g/mol. The molecule has 1 aliphatic rings. The quantitative estimate of drug-likeness (QED) is 0.848. The molecule has 1 aliphatic heterocycles. The highest BCUT2D eigenvalue weighted by Gasteiger charge is 2.15. The van der Waals surface area contributed by atoms with Crippen molar-refractivity contribution in [2.75, 3.05) is 24.5 Å². The van der Waals surface area contributed by atoms with Gasteiger partial charge in [0.25, 0.3) is 0 Å². The van der Waals surface area contributed by atoms with Gasteiger partial charge in [0.15, 0.2) is 0 Å². The van der Waals surface area contributed by atoms with E-state index in [9.17, 15) is 0 Å². The number of nitrogens with one attached hydrogen (secondary N) is 1. The molecule has 0 radical (unpaired) electrons. The second kappa shape index (κ2) is 8.06. The molecule has 0 saturated carbocycles. The standard InChI is InChI=1S/C18H22N2.ClH/c1-2-7-16(8-3-1)15-19-12-14-20-13-6-10-17-9-4-5-11-18(17)20;/h1-5,7-9,11,19H,6,10,12-15H2;1H. The maximum absolute atomic E-state index is 3.54. The summed E-state index contributed by atoms with van der Waals surface area (Å²) in [7, 11) is 0. The minimum Gasteiger partial charge on any atom is -0.370 e. The van der Waals surface area contributed by atoms with Gasteiger partial charge in [-0.1, -0.05) is 48.5 Å². The van der Waals surface area contributed by atoms with Crippen LogP contribution in [-0.4, -0.2) is 19.6 Å². The first-order chi connectivity index (χ1) is 9.93. The second-order valence-corrected chi connectivity index (χ2v) is 5.38. The summed E-state index contributed by atoms with van der Waals surface area (Å²) in [4.78, 5) is 2.51. The fraction of sp³-hybridized carbons (Fsp3) is 0.333. The fourth-order valence-corrected chi connectivity index (χ4v) is 2.89. The van der Waals surface area contributed by atoms with E-state index in [4.69, 9.17) is 0 Å². The molecule has 3 rings (SSSR count). The van der Waals surface area contributed by atoms with Gasteiger partial charge >= 0.3 is 0 Å². The zero-order chi connectivity index (χ0) is 13.6. The summed E-state index contributed by atoms with van der Waals surface area (Å²) in [6, 6.07) is 19.4. The van der Waals surface area contributed by atoms with Gasteiger partial charge in [-0.2, -0.15) is 0 Å². The molecule has 2 aromatic carbocycles. The van der Waals surface area contributed by atoms with Gasteiger partial charge in [0.2, 0.25) is 0 Å². The van der Waals surface area contributed by atoms with Crippen molar-refractivity contribution in [3.05, 3.63) is 65.7 Å². The number of nitrogens with zero attached hydrogens (tertiary/aromatic N) is 1. The van der Waals surface area contributed by atoms with Crippen LogP contribution in [0, 0.1) is 0 Å². The van der Waals surface area contributed by atoms with Crippen molar-refractivity contribution < 1.29 is 0 Å². The first kappa shape index (κ1) is 15.9. The van der Waals surface area contributed by atoms with Crippen molar-refractivity contribution in [3.8, 4) is 0 Å². The average Bonchev–Trinajstić information content (AvgIpc) is 2.53. The molecule has 3 heteroatoms. The van der Waals surface area contributed by atoms with Gasteiger partial charge in [0, 0.05) is 31.9 Å². The number of benzene rings is 2. The molecule has 0 aromatic heterocycles. The van der Waals surface area contributed by atoms with Crippen molar-refractivity contribution in [2.45, 2.75) is 19.4 Å². The summed E-state index contributed by atoms with van der Waals surface area (Å²) in [6.07, 6.45) is 2.50. The molecule has 0 bridgehead atoms. The van der Waals surface area contributed by atoms with E-state index in [0.717, 1.165) is 19.6 Å². The van der Waals surface area contributed by atoms with Crippen molar-refractivity contribution in [1.82, 2.24) is 5.32 Å². The van der Waals surface area contributed by atoms with E-state index in [1.165, 1.54) is 36.2 Å². The van der Waals surface area contributed by atoms with Crippen molar-refractivity contribution in [1.29, 1.82) is 0 Å². The third kappa shape index (κ3) is 4.23. The molecule has 0 amide bonds. The van der Waals surface area contributed by atoms with Crippen molar-refractivity contribution in [2.24, 2.45) is 0 Å². The van der Waals surface area contributed by atoms with Crippen LogP contribution in [-0.2, 0) is 13.0 Å². The molecule has 0 fully saturated rings. The van der Waals surface area contributed by atoms with Gasteiger partial charge in [-0.25, -0.2) is 0 Å². The van der Waals surface area contributed by atoms with Crippen LogP contribution in [0.3, 0.4) is 0 Å². The molecule has 0 unspecified atom stereocenters. The summed E-state index contributed by atoms with van der Waals surface area (Å²) >= 11 is 0. The molecular formula is C18H23ClN2. The molecule has 0 atom stereocenters. The number of halogens is 1. The van der Waals surface area contributed by atoms with E-state index in [0.29, 0.717) is 0 Å². The lowest BCUT2D eigenvalue weighted by Gasteiger charge is -2.31. The van der Waals surface area contributed by atoms with Gasteiger partial charge in [-0.15, -0.1) is 12.4 Å². The topological polar surface area (TPSA) is 15.3 Å². The fourth-order valence-electron chi connectivity index (χ4n) is 2.89. The Balaban J connectivity index is 0.00000161. The Hall–Kier alpha value is -1.51. The van der Waals surface area contributed by atoms with E-state index in [-0.39, 0.29) is 12.4 Å². The summed E-state index contributed by atoms with van der Waals surface area (Å²) < 4.78 is 0. The van der Waals surface area contributed by atoms with E-state index in [1.54, 1.807) is 0 Å². The van der Waals surface area contributed by atoms with Crippen LogP contribution in [0.4, 0.5) is 5.69 Å². The largest absolute Gasteiger partial charge is 0.370 e. The van der Waals surface area contributed by atoms with Gasteiger partial charge in [-0.3, -0.25) is 0 Å². The highest BCUT2D eigenvalue weighted by molar-refractivity contribution is 5.85. The Kier molecular flexibility index (Phi) is 6.09. The Labute approximate surface area is 133 Å². The number of hydrogen-bond acceptors (Lipinski definition) is 2. The third-order valence-electron chi connectivity index (χ3n) is 3.94. The molecule has 1 heterocycles. The molecule has 0 aliphatic carbocycles. The summed E-state index contributed by atoms with van der Waals surface area (Å²) in [5, 5.41) is 3.54. The maximum atomic E-state index is 3.54. The minimum absolute atomic E-state index is 0. The number of rotatable bonds is 5. The Morgan fingerprint density at radius 2 is 1.71 bits per heavy atom. The normalized spacial score (nSPS) is 13.4. The van der Waals surface area contributed by atoms with Crippen LogP contribution in [0.5, 0.6) is 0 Å². The minimum atomic E-state index is 0. The third-order valence-corrected chi connectivity index (χ3v) is 3.94. The number of hydrogen-bond donors (Lipinski definition) is 1. The van der Waals surface area contributed by atoms with Gasteiger partial charge in [0.05, 0.1) is 0 Å². The lowest BCUT2D eigenvalue weighted by atomic mass is 10.0. The number of anilines is 1. The Morgan fingerprint density at radius 3 is 2.57 bits per heavy atom. The van der Waals surface area contributed by atoms with Gasteiger partial charge in [-0.05, 0) is 30.0 Å². The molecule has 0 spiro atoms. The van der Waals surface area contributed by atoms with Crippen molar-refractivity contribution in [3.63, 3.8) is 0 Å². The molecule has 0 saturated heterocycles. The van der Waals surface area contributed by atoms with Crippen LogP contribution in [0.25, 0.3) is 0 Å². The lowest BCUT2D eigenvalue weighted by Crippen LogP contribution is -2.35. The number of fused-ring (bicyclic) bond motifs is 1. The van der Waals surface area contributed by atoms with Crippen LogP contribution >= 0.6 is 12.4 Å². The molecule has 1 N–H and O–H groups in total. The molecule has 112 valence electrons. The summed E-state index contributed by atoms with van der Waals surface area (Å²) in [5.41, 5.74) is 4.29. The molecule has 2 aromatic rings. The monoisotopic (exact) mass is 302 g/mol. The lowest BCUT2D eigenvalue weighted by molar-refractivity contribution is 0.630. The van der Waals surface area contributed by atoms with E-state index in [1.807, 2.05) is 0 Å². The van der Waals surface area contributed by atoms with Gasteiger partial charge in [0.1, 0.15) is 0 Å². The number of aryl methyl sites for hydroxylation is 1. The first-order valence-electron chi connectivity index (χ1n) is 7.51.